The predicted molar refractivity (Wildman–Crippen MR) is 95.5 cm³/mol. The molecular formula is C19H21N3O3. The molecule has 4 rings (SSSR count). The Morgan fingerprint density at radius 3 is 3.00 bits per heavy atom. The Hall–Kier alpha value is -2.63. The number of carbonyl (C=O) groups is 1. The molecule has 0 radical (unpaired) electrons. The van der Waals surface area contributed by atoms with Crippen LogP contribution in [0, 0.1) is 12.8 Å². The first-order valence-electron chi connectivity index (χ1n) is 8.69. The number of hydrogen-bond donors (Lipinski definition) is 0. The molecular weight excluding hydrogens is 318 g/mol. The molecule has 6 nitrogen and oxygen atoms in total. The molecule has 1 aliphatic heterocycles. The molecule has 0 aliphatic carbocycles. The number of fused-ring (bicyclic) bond motifs is 3. The lowest BCUT2D eigenvalue weighted by molar-refractivity contribution is -0.133. The highest BCUT2D eigenvalue weighted by Crippen LogP contribution is 2.24. The lowest BCUT2D eigenvalue weighted by Gasteiger charge is -2.31. The molecule has 25 heavy (non-hydrogen) atoms. The highest BCUT2D eigenvalue weighted by molar-refractivity contribution is 6.02. The van der Waals surface area contributed by atoms with E-state index in [1.165, 1.54) is 12.6 Å². The fourth-order valence-corrected chi connectivity index (χ4v) is 3.66. The van der Waals surface area contributed by atoms with Gasteiger partial charge in [0.25, 0.3) is 0 Å². The van der Waals surface area contributed by atoms with Crippen molar-refractivity contribution in [1.29, 1.82) is 0 Å². The van der Waals surface area contributed by atoms with E-state index in [1.54, 1.807) is 10.7 Å². The minimum absolute atomic E-state index is 0.0468. The van der Waals surface area contributed by atoms with Gasteiger partial charge in [-0.05, 0) is 37.8 Å². The predicted octanol–water partition coefficient (Wildman–Crippen LogP) is 2.71. The lowest BCUT2D eigenvalue weighted by atomic mass is 10.0. The fourth-order valence-electron chi connectivity index (χ4n) is 3.66. The zero-order chi connectivity index (χ0) is 17.6. The highest BCUT2D eigenvalue weighted by Gasteiger charge is 2.22. The summed E-state index contributed by atoms with van der Waals surface area (Å²) in [4.78, 5) is 26.8. The molecule has 3 heterocycles. The summed E-state index contributed by atoms with van der Waals surface area (Å²) in [6, 6.07) is 5.65. The summed E-state index contributed by atoms with van der Waals surface area (Å²) in [6.07, 6.45) is 3.70. The van der Waals surface area contributed by atoms with Gasteiger partial charge >= 0.3 is 5.63 Å². The number of carbonyl (C=O) groups excluding carboxylic acids is 1. The van der Waals surface area contributed by atoms with Crippen LogP contribution in [0.1, 0.15) is 25.3 Å². The number of likely N-dealkylation sites (tertiary alicyclic amines) is 1. The largest absolute Gasteiger partial charge is 0.422 e. The Morgan fingerprint density at radius 2 is 2.20 bits per heavy atom. The Balaban J connectivity index is 1.77. The minimum Gasteiger partial charge on any atom is -0.422 e. The van der Waals surface area contributed by atoms with Gasteiger partial charge in [-0.1, -0.05) is 18.6 Å². The van der Waals surface area contributed by atoms with Crippen molar-refractivity contribution in [2.45, 2.75) is 33.2 Å². The van der Waals surface area contributed by atoms with Crippen molar-refractivity contribution in [2.75, 3.05) is 13.1 Å². The van der Waals surface area contributed by atoms with E-state index >= 15 is 0 Å². The molecule has 1 aliphatic rings. The van der Waals surface area contributed by atoms with Gasteiger partial charge < -0.3 is 9.32 Å². The van der Waals surface area contributed by atoms with Gasteiger partial charge in [0.1, 0.15) is 17.5 Å². The number of piperidine rings is 1. The van der Waals surface area contributed by atoms with Crippen LogP contribution in [0.15, 0.2) is 33.6 Å². The average molecular weight is 339 g/mol. The first-order chi connectivity index (χ1) is 12.0. The molecule has 0 N–H and O–H groups in total. The Labute approximate surface area is 145 Å². The van der Waals surface area contributed by atoms with Gasteiger partial charge in [-0.2, -0.15) is 5.10 Å². The van der Waals surface area contributed by atoms with E-state index in [0.29, 0.717) is 22.4 Å². The first kappa shape index (κ1) is 15.9. The summed E-state index contributed by atoms with van der Waals surface area (Å²) >= 11 is 0. The van der Waals surface area contributed by atoms with Crippen molar-refractivity contribution in [2.24, 2.45) is 5.92 Å². The number of hydrogen-bond acceptors (Lipinski definition) is 4. The third kappa shape index (κ3) is 2.81. The maximum atomic E-state index is 12.7. The summed E-state index contributed by atoms with van der Waals surface area (Å²) in [6.45, 7) is 5.88. The maximum absolute atomic E-state index is 12.7. The van der Waals surface area contributed by atoms with Gasteiger partial charge in [-0.25, -0.2) is 4.79 Å². The van der Waals surface area contributed by atoms with Gasteiger partial charge in [-0.3, -0.25) is 9.48 Å². The number of benzene rings is 1. The van der Waals surface area contributed by atoms with E-state index < -0.39 is 5.63 Å². The van der Waals surface area contributed by atoms with Gasteiger partial charge in [0, 0.05) is 18.5 Å². The van der Waals surface area contributed by atoms with Crippen LogP contribution in [0.25, 0.3) is 21.9 Å². The van der Waals surface area contributed by atoms with E-state index in [4.69, 9.17) is 4.42 Å². The zero-order valence-electron chi connectivity index (χ0n) is 14.5. The third-order valence-corrected chi connectivity index (χ3v) is 4.95. The molecule has 1 fully saturated rings. The molecule has 0 bridgehead atoms. The van der Waals surface area contributed by atoms with Crippen LogP contribution in [-0.4, -0.2) is 33.7 Å². The molecule has 1 amide bonds. The van der Waals surface area contributed by atoms with Gasteiger partial charge in [0.05, 0.1) is 11.7 Å². The lowest BCUT2D eigenvalue weighted by Crippen LogP contribution is -2.41. The maximum Gasteiger partial charge on any atom is 0.347 e. The van der Waals surface area contributed by atoms with Crippen LogP contribution >= 0.6 is 0 Å². The molecule has 3 aromatic rings. The van der Waals surface area contributed by atoms with Gasteiger partial charge in [0.15, 0.2) is 0 Å². The second-order valence-corrected chi connectivity index (χ2v) is 7.04. The fraction of sp³-hybridized carbons (Fsp3) is 0.421. The minimum atomic E-state index is -0.420. The van der Waals surface area contributed by atoms with E-state index in [1.807, 2.05) is 24.0 Å². The van der Waals surface area contributed by atoms with Crippen LogP contribution in [0.4, 0.5) is 0 Å². The second-order valence-electron chi connectivity index (χ2n) is 7.04. The van der Waals surface area contributed by atoms with E-state index in [2.05, 4.69) is 12.0 Å². The van der Waals surface area contributed by atoms with Crippen LogP contribution < -0.4 is 5.63 Å². The second kappa shape index (κ2) is 6.02. The number of rotatable bonds is 2. The van der Waals surface area contributed by atoms with E-state index in [9.17, 15) is 9.59 Å². The molecule has 0 spiro atoms. The molecule has 1 saturated heterocycles. The van der Waals surface area contributed by atoms with Crippen LogP contribution in [0.3, 0.4) is 0 Å². The van der Waals surface area contributed by atoms with Crippen molar-refractivity contribution in [3.8, 4) is 0 Å². The Morgan fingerprint density at radius 1 is 1.36 bits per heavy atom. The Bertz CT molecular complexity index is 1020. The van der Waals surface area contributed by atoms with Crippen molar-refractivity contribution in [1.82, 2.24) is 14.7 Å². The van der Waals surface area contributed by atoms with E-state index in [-0.39, 0.29) is 12.5 Å². The number of nitrogens with zero attached hydrogens (tertiary/aromatic N) is 3. The van der Waals surface area contributed by atoms with Crippen LogP contribution in [0.2, 0.25) is 0 Å². The topological polar surface area (TPSA) is 68.3 Å². The normalized spacial score (nSPS) is 18.2. The standard InChI is InChI=1S/C19H21N3O3/c1-12-5-6-16-14(8-12)18-15(19(24)25-16)9-20-22(18)11-17(23)21-7-3-4-13(2)10-21/h5-6,8-9,13H,3-4,7,10-11H2,1-2H3/t13-/m0/s1. The first-order valence-corrected chi connectivity index (χ1v) is 8.69. The summed E-state index contributed by atoms with van der Waals surface area (Å²) in [5, 5.41) is 5.53. The Kier molecular flexibility index (Phi) is 3.82. The highest BCUT2D eigenvalue weighted by atomic mass is 16.4. The summed E-state index contributed by atoms with van der Waals surface area (Å²) in [7, 11) is 0. The summed E-state index contributed by atoms with van der Waals surface area (Å²) < 4.78 is 7.01. The molecule has 130 valence electrons. The monoisotopic (exact) mass is 339 g/mol. The quantitative estimate of drug-likeness (QED) is 0.673. The SMILES string of the molecule is Cc1ccc2oc(=O)c3cnn(CC(=O)N4CCC[C@H](C)C4)c3c2c1. The molecule has 2 aromatic heterocycles. The molecule has 0 unspecified atom stereocenters. The van der Waals surface area contributed by atoms with E-state index in [0.717, 1.165) is 30.5 Å². The number of aryl methyl sites for hydroxylation is 1. The number of amides is 1. The molecule has 1 atom stereocenters. The molecule has 6 heteroatoms. The van der Waals surface area contributed by atoms with Crippen molar-refractivity contribution in [3.63, 3.8) is 0 Å². The summed E-state index contributed by atoms with van der Waals surface area (Å²) in [5.41, 5.74) is 1.83. The third-order valence-electron chi connectivity index (χ3n) is 4.95. The van der Waals surface area contributed by atoms with Crippen LogP contribution in [-0.2, 0) is 11.3 Å². The van der Waals surface area contributed by atoms with Gasteiger partial charge in [0.2, 0.25) is 5.91 Å². The van der Waals surface area contributed by atoms with Crippen molar-refractivity contribution in [3.05, 3.63) is 40.4 Å². The van der Waals surface area contributed by atoms with Crippen molar-refractivity contribution < 1.29 is 9.21 Å². The van der Waals surface area contributed by atoms with Gasteiger partial charge in [-0.15, -0.1) is 0 Å². The molecule has 1 aromatic carbocycles. The van der Waals surface area contributed by atoms with Crippen LogP contribution in [0.5, 0.6) is 0 Å². The number of aromatic nitrogens is 2. The zero-order valence-corrected chi connectivity index (χ0v) is 14.5. The smallest absolute Gasteiger partial charge is 0.347 e. The summed E-state index contributed by atoms with van der Waals surface area (Å²) in [5.74, 6) is 0.577. The van der Waals surface area contributed by atoms with Crippen molar-refractivity contribution >= 4 is 27.8 Å². The molecule has 0 saturated carbocycles. The average Bonchev–Trinajstić information content (AvgIpc) is 3.00.